The lowest BCUT2D eigenvalue weighted by molar-refractivity contribution is -0.145. The Balaban J connectivity index is 1.87. The van der Waals surface area contributed by atoms with Gasteiger partial charge in [0.15, 0.2) is 0 Å². The van der Waals surface area contributed by atoms with Gasteiger partial charge in [-0.25, -0.2) is 0 Å². The topological polar surface area (TPSA) is 84.2 Å². The number of rotatable bonds is 5. The number of nitrogens with zero attached hydrogens (tertiary/aromatic N) is 1. The van der Waals surface area contributed by atoms with Crippen molar-refractivity contribution in [1.82, 2.24) is 4.90 Å². The molecule has 4 N–H and O–H groups in total. The molecule has 0 aromatic carbocycles. The minimum atomic E-state index is -1.18. The lowest BCUT2D eigenvalue weighted by atomic mass is 9.94. The van der Waals surface area contributed by atoms with Gasteiger partial charge < -0.3 is 20.4 Å². The van der Waals surface area contributed by atoms with Crippen molar-refractivity contribution in [2.45, 2.75) is 37.2 Å². The van der Waals surface area contributed by atoms with Crippen LogP contribution in [0.2, 0.25) is 0 Å². The molecule has 108 valence electrons. The van der Waals surface area contributed by atoms with Crippen molar-refractivity contribution in [2.24, 2.45) is 0 Å². The molecule has 1 aliphatic heterocycles. The summed E-state index contributed by atoms with van der Waals surface area (Å²) in [6, 6.07) is 1.58. The van der Waals surface area contributed by atoms with E-state index in [0.29, 0.717) is 6.54 Å². The van der Waals surface area contributed by atoms with E-state index in [-0.39, 0.29) is 13.2 Å². The number of aliphatic hydroxyl groups is 4. The Morgan fingerprint density at radius 1 is 1.26 bits per heavy atom. The Bertz CT molecular complexity index is 373. The van der Waals surface area contributed by atoms with E-state index in [0.717, 1.165) is 12.8 Å². The fourth-order valence-electron chi connectivity index (χ4n) is 2.56. The molecule has 0 unspecified atom stereocenters. The van der Waals surface area contributed by atoms with Gasteiger partial charge >= 0.3 is 0 Å². The molecule has 0 spiro atoms. The minimum absolute atomic E-state index is 0.219. The first kappa shape index (κ1) is 14.9. The maximum atomic E-state index is 9.85. The predicted octanol–water partition coefficient (Wildman–Crippen LogP) is -0.560. The number of aryl methyl sites for hydroxylation is 1. The molecule has 5 nitrogen and oxygen atoms in total. The van der Waals surface area contributed by atoms with Crippen molar-refractivity contribution in [2.75, 3.05) is 19.7 Å². The van der Waals surface area contributed by atoms with Crippen molar-refractivity contribution in [3.63, 3.8) is 0 Å². The summed E-state index contributed by atoms with van der Waals surface area (Å²) in [7, 11) is 0. The summed E-state index contributed by atoms with van der Waals surface area (Å²) in [5.41, 5.74) is 1.28. The lowest BCUT2D eigenvalue weighted by Crippen LogP contribution is -2.62. The van der Waals surface area contributed by atoms with E-state index in [4.69, 9.17) is 0 Å². The fourth-order valence-corrected chi connectivity index (χ4v) is 3.26. The molecule has 2 heterocycles. The van der Waals surface area contributed by atoms with Gasteiger partial charge in [-0.2, -0.15) is 11.3 Å². The highest BCUT2D eigenvalue weighted by atomic mass is 32.1. The maximum absolute atomic E-state index is 9.85. The highest BCUT2D eigenvalue weighted by molar-refractivity contribution is 7.07. The van der Waals surface area contributed by atoms with Crippen molar-refractivity contribution in [3.05, 3.63) is 22.4 Å². The van der Waals surface area contributed by atoms with Crippen LogP contribution in [0.4, 0.5) is 0 Å². The minimum Gasteiger partial charge on any atom is -0.395 e. The number of aliphatic hydroxyl groups excluding tert-OH is 4. The summed E-state index contributed by atoms with van der Waals surface area (Å²) in [4.78, 5) is 1.86. The van der Waals surface area contributed by atoms with Crippen molar-refractivity contribution in [3.8, 4) is 0 Å². The third-order valence-electron chi connectivity index (χ3n) is 3.71. The molecule has 0 aliphatic carbocycles. The molecule has 1 saturated heterocycles. The second-order valence-electron chi connectivity index (χ2n) is 5.03. The van der Waals surface area contributed by atoms with Gasteiger partial charge in [-0.3, -0.25) is 4.90 Å². The molecule has 0 amide bonds. The van der Waals surface area contributed by atoms with Crippen LogP contribution in [0, 0.1) is 0 Å². The summed E-state index contributed by atoms with van der Waals surface area (Å²) in [5.74, 6) is 0. The molecule has 19 heavy (non-hydrogen) atoms. The monoisotopic (exact) mass is 287 g/mol. The first-order valence-corrected chi connectivity index (χ1v) is 7.48. The van der Waals surface area contributed by atoms with Gasteiger partial charge in [-0.05, 0) is 41.8 Å². The molecular formula is C13H21NO4S. The molecule has 6 heteroatoms. The molecule has 1 aromatic heterocycles. The van der Waals surface area contributed by atoms with Crippen LogP contribution < -0.4 is 0 Å². The molecule has 1 aromatic rings. The zero-order valence-corrected chi connectivity index (χ0v) is 11.5. The molecule has 0 saturated carbocycles. The molecule has 4 atom stereocenters. The predicted molar refractivity (Wildman–Crippen MR) is 73.1 cm³/mol. The van der Waals surface area contributed by atoms with Gasteiger partial charge in [-0.1, -0.05) is 0 Å². The largest absolute Gasteiger partial charge is 0.395 e. The Hall–Kier alpha value is -0.500. The molecule has 0 bridgehead atoms. The SMILES string of the molecule is OC[C@H]1[C@@H](O)[C@H](O)[C@@H](O)CN1CCCc1ccsc1. The van der Waals surface area contributed by atoms with Gasteiger partial charge in [0, 0.05) is 6.54 Å². The van der Waals surface area contributed by atoms with Gasteiger partial charge in [0.05, 0.1) is 18.8 Å². The van der Waals surface area contributed by atoms with E-state index in [9.17, 15) is 20.4 Å². The maximum Gasteiger partial charge on any atom is 0.109 e. The summed E-state index contributed by atoms with van der Waals surface area (Å²) >= 11 is 1.67. The molecule has 1 fully saturated rings. The first-order chi connectivity index (χ1) is 9.13. The van der Waals surface area contributed by atoms with Gasteiger partial charge in [0.25, 0.3) is 0 Å². The Labute approximate surface area is 116 Å². The Kier molecular flexibility index (Phi) is 5.32. The summed E-state index contributed by atoms with van der Waals surface area (Å²) in [5, 5.41) is 42.6. The normalized spacial score (nSPS) is 32.6. The number of β-amino-alcohol motifs (C(OH)–C–C–N with tert-alkyl or cyclic N) is 1. The van der Waals surface area contributed by atoms with Crippen LogP contribution in [0.1, 0.15) is 12.0 Å². The summed E-state index contributed by atoms with van der Waals surface area (Å²) < 4.78 is 0. The summed E-state index contributed by atoms with van der Waals surface area (Å²) in [6.07, 6.45) is -1.41. The van der Waals surface area contributed by atoms with Crippen LogP contribution >= 0.6 is 11.3 Å². The number of piperidine rings is 1. The van der Waals surface area contributed by atoms with E-state index in [1.165, 1.54) is 5.56 Å². The van der Waals surface area contributed by atoms with Crippen molar-refractivity contribution < 1.29 is 20.4 Å². The quantitative estimate of drug-likeness (QED) is 0.583. The van der Waals surface area contributed by atoms with Gasteiger partial charge in [0.1, 0.15) is 12.2 Å². The Morgan fingerprint density at radius 3 is 2.68 bits per heavy atom. The summed E-state index contributed by atoms with van der Waals surface area (Å²) in [6.45, 7) is 0.748. The van der Waals surface area contributed by atoms with Crippen LogP contribution in [0.5, 0.6) is 0 Å². The second-order valence-corrected chi connectivity index (χ2v) is 5.81. The molecule has 2 rings (SSSR count). The average Bonchev–Trinajstić information content (AvgIpc) is 2.89. The number of likely N-dealkylation sites (tertiary alicyclic amines) is 1. The highest BCUT2D eigenvalue weighted by Gasteiger charge is 2.40. The average molecular weight is 287 g/mol. The second kappa shape index (κ2) is 6.78. The zero-order valence-electron chi connectivity index (χ0n) is 10.7. The molecule has 1 aliphatic rings. The third kappa shape index (κ3) is 3.53. The number of hydrogen-bond acceptors (Lipinski definition) is 6. The standard InChI is InChI=1S/C13H21NO4S/c15-7-10-12(17)13(18)11(16)6-14(10)4-1-2-9-3-5-19-8-9/h3,5,8,10-13,15-18H,1-2,4,6-7H2/t10-,11-,12+,13+/m0/s1. The highest BCUT2D eigenvalue weighted by Crippen LogP contribution is 2.19. The van der Waals surface area contributed by atoms with Crippen molar-refractivity contribution in [1.29, 1.82) is 0 Å². The fraction of sp³-hybridized carbons (Fsp3) is 0.692. The van der Waals surface area contributed by atoms with Crippen LogP contribution in [0.3, 0.4) is 0 Å². The van der Waals surface area contributed by atoms with Gasteiger partial charge in [0.2, 0.25) is 0 Å². The zero-order chi connectivity index (χ0) is 13.8. The van der Waals surface area contributed by atoms with E-state index in [2.05, 4.69) is 11.4 Å². The first-order valence-electron chi connectivity index (χ1n) is 6.53. The third-order valence-corrected chi connectivity index (χ3v) is 4.44. The molecular weight excluding hydrogens is 266 g/mol. The van der Waals surface area contributed by atoms with E-state index in [1.807, 2.05) is 10.3 Å². The van der Waals surface area contributed by atoms with Crippen LogP contribution in [0.15, 0.2) is 16.8 Å². The number of hydrogen-bond donors (Lipinski definition) is 4. The Morgan fingerprint density at radius 2 is 2.05 bits per heavy atom. The van der Waals surface area contributed by atoms with Crippen LogP contribution in [-0.2, 0) is 6.42 Å². The van der Waals surface area contributed by atoms with E-state index in [1.54, 1.807) is 11.3 Å². The number of thiophene rings is 1. The van der Waals surface area contributed by atoms with Gasteiger partial charge in [-0.15, -0.1) is 0 Å². The lowest BCUT2D eigenvalue weighted by Gasteiger charge is -2.43. The van der Waals surface area contributed by atoms with Crippen molar-refractivity contribution >= 4 is 11.3 Å². The van der Waals surface area contributed by atoms with Crippen LogP contribution in [-0.4, -0.2) is 69.4 Å². The smallest absolute Gasteiger partial charge is 0.109 e. The van der Waals surface area contributed by atoms with E-state index < -0.39 is 24.4 Å². The van der Waals surface area contributed by atoms with Crippen LogP contribution in [0.25, 0.3) is 0 Å². The molecule has 0 radical (unpaired) electrons. The van der Waals surface area contributed by atoms with E-state index >= 15 is 0 Å².